The van der Waals surface area contributed by atoms with E-state index in [1.165, 1.54) is 11.3 Å². The highest BCUT2D eigenvalue weighted by atomic mass is 32.1. The molecule has 1 saturated carbocycles. The Morgan fingerprint density at radius 3 is 2.29 bits per heavy atom. The van der Waals surface area contributed by atoms with Crippen molar-refractivity contribution in [1.82, 2.24) is 19.7 Å². The second kappa shape index (κ2) is 10.7. The SMILES string of the molecule is Cc1ccc(-n2nc(C3(C)CC3)cc2NC(=O)Nc2cnc(N3CCN(C(=O)c4sccc4C)CC3)c(C)c2)cc1. The Kier molecular flexibility index (Phi) is 7.03. The molecule has 1 aliphatic heterocycles. The summed E-state index contributed by atoms with van der Waals surface area (Å²) < 4.78 is 1.80. The van der Waals surface area contributed by atoms with Crippen molar-refractivity contribution in [2.24, 2.45) is 0 Å². The number of pyridine rings is 1. The van der Waals surface area contributed by atoms with Gasteiger partial charge in [0, 0.05) is 37.7 Å². The second-order valence-corrected chi connectivity index (χ2v) is 12.3. The van der Waals surface area contributed by atoms with Gasteiger partial charge in [-0.1, -0.05) is 24.6 Å². The third kappa shape index (κ3) is 5.56. The van der Waals surface area contributed by atoms with Crippen molar-refractivity contribution in [3.05, 3.63) is 81.3 Å². The average Bonchev–Trinajstić information content (AvgIpc) is 3.34. The molecule has 3 amide bonds. The third-order valence-corrected chi connectivity index (χ3v) is 9.08. The Labute approximate surface area is 244 Å². The first-order valence-electron chi connectivity index (χ1n) is 14.0. The van der Waals surface area contributed by atoms with Crippen LogP contribution in [0.2, 0.25) is 0 Å². The lowest BCUT2D eigenvalue weighted by Gasteiger charge is -2.36. The highest BCUT2D eigenvalue weighted by Gasteiger charge is 2.42. The predicted octanol–water partition coefficient (Wildman–Crippen LogP) is 5.91. The number of urea groups is 1. The summed E-state index contributed by atoms with van der Waals surface area (Å²) in [5.41, 5.74) is 5.73. The van der Waals surface area contributed by atoms with Gasteiger partial charge in [0.2, 0.25) is 0 Å². The molecule has 4 heterocycles. The predicted molar refractivity (Wildman–Crippen MR) is 164 cm³/mol. The van der Waals surface area contributed by atoms with E-state index in [4.69, 9.17) is 5.10 Å². The smallest absolute Gasteiger partial charge is 0.324 e. The van der Waals surface area contributed by atoms with Crippen LogP contribution in [-0.2, 0) is 5.41 Å². The summed E-state index contributed by atoms with van der Waals surface area (Å²) in [4.78, 5) is 35.6. The minimum absolute atomic E-state index is 0.0708. The number of hydrogen-bond acceptors (Lipinski definition) is 6. The highest BCUT2D eigenvalue weighted by molar-refractivity contribution is 7.12. The Morgan fingerprint density at radius 1 is 0.927 bits per heavy atom. The van der Waals surface area contributed by atoms with E-state index in [2.05, 4.69) is 27.4 Å². The topological polar surface area (TPSA) is 95.4 Å². The fourth-order valence-electron chi connectivity index (χ4n) is 5.19. The number of aryl methyl sites for hydroxylation is 3. The molecule has 3 aromatic heterocycles. The molecule has 9 nitrogen and oxygen atoms in total. The normalized spacial score (nSPS) is 16.0. The maximum atomic E-state index is 13.1. The third-order valence-electron chi connectivity index (χ3n) is 8.08. The van der Waals surface area contributed by atoms with Crippen molar-refractivity contribution < 1.29 is 9.59 Å². The summed E-state index contributed by atoms with van der Waals surface area (Å²) in [5, 5.41) is 12.7. The molecule has 0 unspecified atom stereocenters. The van der Waals surface area contributed by atoms with Crippen LogP contribution in [0.4, 0.5) is 22.1 Å². The summed E-state index contributed by atoms with van der Waals surface area (Å²) in [5.74, 6) is 1.60. The number of amides is 3. The van der Waals surface area contributed by atoms with Crippen molar-refractivity contribution in [2.75, 3.05) is 41.7 Å². The lowest BCUT2D eigenvalue weighted by Crippen LogP contribution is -2.49. The number of rotatable bonds is 6. The molecule has 41 heavy (non-hydrogen) atoms. The molecule has 0 bridgehead atoms. The molecule has 2 aliphatic rings. The Hall–Kier alpha value is -4.18. The minimum atomic E-state index is -0.351. The average molecular weight is 570 g/mol. The minimum Gasteiger partial charge on any atom is -0.353 e. The van der Waals surface area contributed by atoms with Gasteiger partial charge in [0.05, 0.1) is 28.1 Å². The zero-order valence-electron chi connectivity index (χ0n) is 23.9. The summed E-state index contributed by atoms with van der Waals surface area (Å²) in [6.07, 6.45) is 3.88. The van der Waals surface area contributed by atoms with Gasteiger partial charge in [-0.2, -0.15) is 5.10 Å². The van der Waals surface area contributed by atoms with Gasteiger partial charge in [0.15, 0.2) is 0 Å². The first-order valence-corrected chi connectivity index (χ1v) is 14.9. The fraction of sp³-hybridized carbons (Fsp3) is 0.355. The van der Waals surface area contributed by atoms with Crippen molar-refractivity contribution in [3.8, 4) is 5.69 Å². The van der Waals surface area contributed by atoms with Crippen molar-refractivity contribution in [2.45, 2.75) is 46.0 Å². The van der Waals surface area contributed by atoms with E-state index in [-0.39, 0.29) is 17.4 Å². The van der Waals surface area contributed by atoms with E-state index in [1.54, 1.807) is 10.9 Å². The number of carbonyl (C=O) groups is 2. The Morgan fingerprint density at radius 2 is 1.66 bits per heavy atom. The molecular weight excluding hydrogens is 534 g/mol. The number of carbonyl (C=O) groups excluding carboxylic acids is 2. The number of nitrogens with zero attached hydrogens (tertiary/aromatic N) is 5. The van der Waals surface area contributed by atoms with E-state index >= 15 is 0 Å². The lowest BCUT2D eigenvalue weighted by atomic mass is 10.1. The largest absolute Gasteiger partial charge is 0.353 e. The van der Waals surface area contributed by atoms with Crippen LogP contribution in [0.1, 0.15) is 51.8 Å². The number of piperazine rings is 1. The van der Waals surface area contributed by atoms with Gasteiger partial charge in [-0.25, -0.2) is 14.5 Å². The van der Waals surface area contributed by atoms with Gasteiger partial charge < -0.3 is 15.1 Å². The zero-order chi connectivity index (χ0) is 28.7. The van der Waals surface area contributed by atoms with Crippen molar-refractivity contribution in [3.63, 3.8) is 0 Å². The molecule has 6 rings (SSSR count). The Bertz CT molecular complexity index is 1590. The summed E-state index contributed by atoms with van der Waals surface area (Å²) in [6, 6.07) is 13.6. The Balaban J connectivity index is 1.11. The molecular formula is C31H35N7O2S. The summed E-state index contributed by atoms with van der Waals surface area (Å²) >= 11 is 1.50. The quantitative estimate of drug-likeness (QED) is 0.301. The fourth-order valence-corrected chi connectivity index (χ4v) is 6.09. The van der Waals surface area contributed by atoms with Crippen LogP contribution in [0.3, 0.4) is 0 Å². The number of hydrogen-bond donors (Lipinski definition) is 2. The number of benzene rings is 1. The molecule has 10 heteroatoms. The van der Waals surface area contributed by atoms with E-state index in [9.17, 15) is 9.59 Å². The van der Waals surface area contributed by atoms with Crippen LogP contribution in [0.15, 0.2) is 54.0 Å². The van der Waals surface area contributed by atoms with Gasteiger partial charge in [-0.05, 0) is 74.4 Å². The number of aromatic nitrogens is 3. The molecule has 4 aromatic rings. The monoisotopic (exact) mass is 569 g/mol. The molecule has 0 radical (unpaired) electrons. The van der Waals surface area contributed by atoms with Crippen molar-refractivity contribution in [1.29, 1.82) is 0 Å². The van der Waals surface area contributed by atoms with Crippen LogP contribution in [0.25, 0.3) is 5.69 Å². The van der Waals surface area contributed by atoms with Gasteiger partial charge in [-0.3, -0.25) is 10.1 Å². The summed E-state index contributed by atoms with van der Waals surface area (Å²) in [6.45, 7) is 10.9. The molecule has 1 aliphatic carbocycles. The van der Waals surface area contributed by atoms with Crippen LogP contribution >= 0.6 is 11.3 Å². The van der Waals surface area contributed by atoms with E-state index in [0.29, 0.717) is 37.7 Å². The van der Waals surface area contributed by atoms with Crippen LogP contribution < -0.4 is 15.5 Å². The van der Waals surface area contributed by atoms with E-state index in [0.717, 1.165) is 51.6 Å². The van der Waals surface area contributed by atoms with Crippen LogP contribution in [0, 0.1) is 20.8 Å². The lowest BCUT2D eigenvalue weighted by molar-refractivity contribution is 0.0750. The van der Waals surface area contributed by atoms with E-state index < -0.39 is 0 Å². The van der Waals surface area contributed by atoms with Gasteiger partial charge >= 0.3 is 6.03 Å². The zero-order valence-corrected chi connectivity index (χ0v) is 24.7. The molecule has 2 N–H and O–H groups in total. The molecule has 2 fully saturated rings. The number of nitrogens with one attached hydrogen (secondary N) is 2. The number of thiophene rings is 1. The molecule has 0 spiro atoms. The highest BCUT2D eigenvalue weighted by Crippen LogP contribution is 2.47. The summed E-state index contributed by atoms with van der Waals surface area (Å²) in [7, 11) is 0. The number of anilines is 3. The standard InChI is InChI=1S/C31H35N7O2S/c1-20-5-7-24(8-6-20)38-26(18-25(35-38)31(4)10-11-31)34-30(40)33-23-17-22(3)28(32-19-23)36-12-14-37(15-13-36)29(39)27-21(2)9-16-41-27/h5-9,16-19H,10-15H2,1-4H3,(H2,33,34,40). The first kappa shape index (κ1) is 27.0. The van der Waals surface area contributed by atoms with E-state index in [1.807, 2.05) is 73.5 Å². The molecule has 1 aromatic carbocycles. The van der Waals surface area contributed by atoms with Crippen LogP contribution in [-0.4, -0.2) is 57.8 Å². The molecule has 0 atom stereocenters. The molecule has 1 saturated heterocycles. The first-order chi connectivity index (χ1) is 19.7. The van der Waals surface area contributed by atoms with Crippen LogP contribution in [0.5, 0.6) is 0 Å². The maximum Gasteiger partial charge on any atom is 0.324 e. The van der Waals surface area contributed by atoms with Crippen molar-refractivity contribution >= 4 is 40.6 Å². The molecule has 212 valence electrons. The maximum absolute atomic E-state index is 13.1. The van der Waals surface area contributed by atoms with Gasteiger partial charge in [-0.15, -0.1) is 11.3 Å². The van der Waals surface area contributed by atoms with Gasteiger partial charge in [0.25, 0.3) is 5.91 Å². The second-order valence-electron chi connectivity index (χ2n) is 11.4. The van der Waals surface area contributed by atoms with Gasteiger partial charge in [0.1, 0.15) is 11.6 Å².